The normalized spacial score (nSPS) is 13.7. The summed E-state index contributed by atoms with van der Waals surface area (Å²) < 4.78 is 0. The van der Waals surface area contributed by atoms with Crippen LogP contribution >= 0.6 is 0 Å². The van der Waals surface area contributed by atoms with E-state index in [-0.39, 0.29) is 5.92 Å². The van der Waals surface area contributed by atoms with Gasteiger partial charge in [-0.15, -0.1) is 0 Å². The number of carbonyl (C=O) groups is 1. The molecule has 0 aromatic heterocycles. The Labute approximate surface area is 63.8 Å². The smallest absolute Gasteiger partial charge is 0.132 e. The minimum Gasteiger partial charge on any atom is -0.300 e. The zero-order valence-electron chi connectivity index (χ0n) is 7.48. The summed E-state index contributed by atoms with van der Waals surface area (Å²) >= 11 is 0. The van der Waals surface area contributed by atoms with E-state index in [0.29, 0.717) is 5.78 Å². The van der Waals surface area contributed by atoms with Gasteiger partial charge in [0, 0.05) is 5.92 Å². The van der Waals surface area contributed by atoms with Crippen LogP contribution in [0.3, 0.4) is 0 Å². The lowest BCUT2D eigenvalue weighted by molar-refractivity contribution is -0.120. The minimum absolute atomic E-state index is 0.266. The molecule has 0 aliphatic carbocycles. The van der Waals surface area contributed by atoms with Gasteiger partial charge in [-0.3, -0.25) is 4.79 Å². The molecule has 1 unspecified atom stereocenters. The highest BCUT2D eigenvalue weighted by Crippen LogP contribution is 2.11. The second kappa shape index (κ2) is 4.48. The van der Waals surface area contributed by atoms with Gasteiger partial charge >= 0.3 is 0 Å². The summed E-state index contributed by atoms with van der Waals surface area (Å²) in [6.45, 7) is 8.05. The number of hydrogen-bond acceptors (Lipinski definition) is 1. The van der Waals surface area contributed by atoms with E-state index in [1.165, 1.54) is 6.42 Å². The number of hydrogen-bond donors (Lipinski definition) is 0. The highest BCUT2D eigenvalue weighted by atomic mass is 16.1. The molecule has 0 saturated heterocycles. The summed E-state index contributed by atoms with van der Waals surface area (Å²) in [5, 5.41) is 0. The second-order valence-corrected chi connectivity index (χ2v) is 3.48. The molecule has 0 radical (unpaired) electrons. The van der Waals surface area contributed by atoms with E-state index >= 15 is 0 Å². The molecule has 0 heterocycles. The van der Waals surface area contributed by atoms with E-state index in [9.17, 15) is 4.79 Å². The first-order valence-electron chi connectivity index (χ1n) is 4.04. The number of carbonyl (C=O) groups excluding carboxylic acids is 1. The quantitative estimate of drug-likeness (QED) is 0.589. The average molecular weight is 142 g/mol. The van der Waals surface area contributed by atoms with Crippen molar-refractivity contribution in [3.8, 4) is 0 Å². The molecule has 0 bridgehead atoms. The Bertz CT molecular complexity index is 105. The Morgan fingerprint density at radius 3 is 2.00 bits per heavy atom. The van der Waals surface area contributed by atoms with Gasteiger partial charge in [-0.25, -0.2) is 0 Å². The number of ketones is 1. The van der Waals surface area contributed by atoms with Crippen LogP contribution in [-0.4, -0.2) is 5.78 Å². The van der Waals surface area contributed by atoms with Crippen molar-refractivity contribution in [2.45, 2.75) is 40.5 Å². The van der Waals surface area contributed by atoms with Gasteiger partial charge in [0.2, 0.25) is 0 Å². The molecule has 0 spiro atoms. The van der Waals surface area contributed by atoms with Crippen LogP contribution in [0.15, 0.2) is 0 Å². The first kappa shape index (κ1) is 9.67. The average Bonchev–Trinajstić information content (AvgIpc) is 1.82. The lowest BCUT2D eigenvalue weighted by Gasteiger charge is -2.08. The lowest BCUT2D eigenvalue weighted by Crippen LogP contribution is -2.06. The van der Waals surface area contributed by atoms with Crippen molar-refractivity contribution in [3.05, 3.63) is 0 Å². The molecule has 0 aromatic rings. The van der Waals surface area contributed by atoms with Crippen molar-refractivity contribution in [1.82, 2.24) is 0 Å². The van der Waals surface area contributed by atoms with Gasteiger partial charge in [-0.05, 0) is 19.3 Å². The number of rotatable bonds is 4. The zero-order chi connectivity index (χ0) is 8.15. The lowest BCUT2D eigenvalue weighted by atomic mass is 9.97. The molecule has 0 N–H and O–H groups in total. The Balaban J connectivity index is 3.40. The van der Waals surface area contributed by atoms with Gasteiger partial charge in [0.15, 0.2) is 0 Å². The highest BCUT2D eigenvalue weighted by molar-refractivity contribution is 5.77. The monoisotopic (exact) mass is 142 g/mol. The van der Waals surface area contributed by atoms with Gasteiger partial charge < -0.3 is 0 Å². The fourth-order valence-electron chi connectivity index (χ4n) is 0.787. The molecule has 0 saturated carbocycles. The summed E-state index contributed by atoms with van der Waals surface area (Å²) in [7, 11) is 0. The van der Waals surface area contributed by atoms with E-state index in [4.69, 9.17) is 0 Å². The fraction of sp³-hybridized carbons (Fsp3) is 0.889. The third-order valence-corrected chi connectivity index (χ3v) is 1.87. The molecule has 1 heteroatoms. The van der Waals surface area contributed by atoms with Gasteiger partial charge in [0.1, 0.15) is 5.78 Å². The van der Waals surface area contributed by atoms with Crippen LogP contribution < -0.4 is 0 Å². The molecular formula is C9H18O. The summed E-state index contributed by atoms with van der Waals surface area (Å²) in [4.78, 5) is 10.8. The predicted molar refractivity (Wildman–Crippen MR) is 43.9 cm³/mol. The summed E-state index contributed by atoms with van der Waals surface area (Å²) in [5.74, 6) is 1.31. The SMILES string of the molecule is CC(=O)C(C)CCC(C)C. The van der Waals surface area contributed by atoms with Crippen LogP contribution in [0, 0.1) is 11.8 Å². The molecule has 0 aliphatic rings. The van der Waals surface area contributed by atoms with Crippen LogP contribution in [0.5, 0.6) is 0 Å². The van der Waals surface area contributed by atoms with Gasteiger partial charge in [0.25, 0.3) is 0 Å². The summed E-state index contributed by atoms with van der Waals surface area (Å²) in [6.07, 6.45) is 2.22. The first-order chi connectivity index (χ1) is 4.54. The van der Waals surface area contributed by atoms with Gasteiger partial charge in [-0.1, -0.05) is 27.2 Å². The second-order valence-electron chi connectivity index (χ2n) is 3.48. The summed E-state index contributed by atoms with van der Waals surface area (Å²) in [5.41, 5.74) is 0. The minimum atomic E-state index is 0.266. The molecule has 0 aromatic carbocycles. The van der Waals surface area contributed by atoms with E-state index in [0.717, 1.165) is 12.3 Å². The third kappa shape index (κ3) is 4.54. The largest absolute Gasteiger partial charge is 0.300 e. The zero-order valence-corrected chi connectivity index (χ0v) is 7.48. The molecule has 0 aliphatic heterocycles. The topological polar surface area (TPSA) is 17.1 Å². The Morgan fingerprint density at radius 1 is 1.20 bits per heavy atom. The molecule has 60 valence electrons. The molecule has 0 rings (SSSR count). The van der Waals surface area contributed by atoms with E-state index in [1.54, 1.807) is 6.92 Å². The van der Waals surface area contributed by atoms with Crippen LogP contribution in [0.25, 0.3) is 0 Å². The Morgan fingerprint density at radius 2 is 1.70 bits per heavy atom. The highest BCUT2D eigenvalue weighted by Gasteiger charge is 2.07. The van der Waals surface area contributed by atoms with Crippen molar-refractivity contribution < 1.29 is 4.79 Å². The molecule has 10 heavy (non-hydrogen) atoms. The predicted octanol–water partition coefficient (Wildman–Crippen LogP) is 2.65. The van der Waals surface area contributed by atoms with Gasteiger partial charge in [-0.2, -0.15) is 0 Å². The van der Waals surface area contributed by atoms with Crippen molar-refractivity contribution >= 4 is 5.78 Å². The van der Waals surface area contributed by atoms with Crippen molar-refractivity contribution in [2.24, 2.45) is 11.8 Å². The van der Waals surface area contributed by atoms with Crippen LogP contribution in [0.1, 0.15) is 40.5 Å². The Hall–Kier alpha value is -0.330. The molecule has 1 atom stereocenters. The third-order valence-electron chi connectivity index (χ3n) is 1.87. The van der Waals surface area contributed by atoms with Crippen molar-refractivity contribution in [1.29, 1.82) is 0 Å². The van der Waals surface area contributed by atoms with Crippen LogP contribution in [-0.2, 0) is 4.79 Å². The Kier molecular flexibility index (Phi) is 4.33. The maximum atomic E-state index is 10.8. The van der Waals surface area contributed by atoms with Gasteiger partial charge in [0.05, 0.1) is 0 Å². The maximum Gasteiger partial charge on any atom is 0.132 e. The molecule has 0 fully saturated rings. The van der Waals surface area contributed by atoms with E-state index < -0.39 is 0 Å². The number of Topliss-reactive ketones (excluding diaryl/α,β-unsaturated/α-hetero) is 1. The first-order valence-corrected chi connectivity index (χ1v) is 4.04. The van der Waals surface area contributed by atoms with Crippen LogP contribution in [0.2, 0.25) is 0 Å². The molecule has 0 amide bonds. The molecule has 1 nitrogen and oxygen atoms in total. The van der Waals surface area contributed by atoms with E-state index in [1.807, 2.05) is 6.92 Å². The van der Waals surface area contributed by atoms with E-state index in [2.05, 4.69) is 13.8 Å². The van der Waals surface area contributed by atoms with Crippen LogP contribution in [0.4, 0.5) is 0 Å². The van der Waals surface area contributed by atoms with Crippen molar-refractivity contribution in [2.75, 3.05) is 0 Å². The fourth-order valence-corrected chi connectivity index (χ4v) is 0.787. The summed E-state index contributed by atoms with van der Waals surface area (Å²) in [6, 6.07) is 0. The maximum absolute atomic E-state index is 10.8. The molecular weight excluding hydrogens is 124 g/mol. The van der Waals surface area contributed by atoms with Crippen molar-refractivity contribution in [3.63, 3.8) is 0 Å². The standard InChI is InChI=1S/C9H18O/c1-7(2)5-6-8(3)9(4)10/h7-8H,5-6H2,1-4H3.